The summed E-state index contributed by atoms with van der Waals surface area (Å²) < 4.78 is 9.55. The second-order valence-corrected chi connectivity index (χ2v) is 3.51. The van der Waals surface area contributed by atoms with Crippen LogP contribution in [0.2, 0.25) is 5.02 Å². The first-order chi connectivity index (χ1) is 7.67. The Morgan fingerprint density at radius 1 is 1.44 bits per heavy atom. The van der Waals surface area contributed by atoms with Crippen molar-refractivity contribution >= 4 is 23.3 Å². The van der Waals surface area contributed by atoms with Crippen molar-refractivity contribution in [2.75, 3.05) is 26.1 Å². The van der Waals surface area contributed by atoms with Crippen LogP contribution in [0.15, 0.2) is 18.2 Å². The summed E-state index contributed by atoms with van der Waals surface area (Å²) in [6, 6.07) is 5.35. The summed E-state index contributed by atoms with van der Waals surface area (Å²) in [5.41, 5.74) is 0.842. The van der Waals surface area contributed by atoms with E-state index in [-0.39, 0.29) is 5.97 Å². The van der Waals surface area contributed by atoms with E-state index in [2.05, 4.69) is 10.1 Å². The van der Waals surface area contributed by atoms with Gasteiger partial charge in [0.05, 0.1) is 25.7 Å². The van der Waals surface area contributed by atoms with Gasteiger partial charge in [-0.05, 0) is 18.2 Å². The predicted octanol–water partition coefficient (Wildman–Crippen LogP) is 2.32. The molecule has 0 unspecified atom stereocenters. The van der Waals surface area contributed by atoms with Crippen LogP contribution in [-0.2, 0) is 9.53 Å². The van der Waals surface area contributed by atoms with Crippen LogP contribution in [-0.4, -0.2) is 26.7 Å². The Balaban J connectivity index is 2.49. The molecule has 88 valence electrons. The summed E-state index contributed by atoms with van der Waals surface area (Å²) >= 11 is 5.94. The predicted molar refractivity (Wildman–Crippen MR) is 63.1 cm³/mol. The monoisotopic (exact) mass is 243 g/mol. The first-order valence-corrected chi connectivity index (χ1v) is 5.19. The van der Waals surface area contributed by atoms with Crippen LogP contribution in [0.4, 0.5) is 5.69 Å². The smallest absolute Gasteiger partial charge is 0.307 e. The van der Waals surface area contributed by atoms with Crippen LogP contribution in [0.25, 0.3) is 0 Å². The van der Waals surface area contributed by atoms with Gasteiger partial charge in [-0.25, -0.2) is 0 Å². The number of esters is 1. The molecule has 0 fully saturated rings. The van der Waals surface area contributed by atoms with E-state index < -0.39 is 0 Å². The zero-order valence-corrected chi connectivity index (χ0v) is 10.0. The third kappa shape index (κ3) is 3.62. The van der Waals surface area contributed by atoms with E-state index in [9.17, 15) is 4.79 Å². The maximum absolute atomic E-state index is 10.9. The van der Waals surface area contributed by atoms with E-state index in [1.54, 1.807) is 19.2 Å². The fourth-order valence-corrected chi connectivity index (χ4v) is 1.44. The number of benzene rings is 1. The molecule has 0 aliphatic carbocycles. The number of ether oxygens (including phenoxy) is 2. The Hall–Kier alpha value is -1.42. The highest BCUT2D eigenvalue weighted by molar-refractivity contribution is 6.32. The average Bonchev–Trinajstić information content (AvgIpc) is 2.29. The molecule has 0 aromatic heterocycles. The van der Waals surface area contributed by atoms with Gasteiger partial charge in [0.15, 0.2) is 0 Å². The Bertz CT molecular complexity index is 368. The number of methoxy groups -OCH3 is 2. The van der Waals surface area contributed by atoms with Crippen LogP contribution >= 0.6 is 11.6 Å². The molecule has 0 bridgehead atoms. The lowest BCUT2D eigenvalue weighted by molar-refractivity contribution is -0.140. The van der Waals surface area contributed by atoms with Crippen molar-refractivity contribution in [3.8, 4) is 5.75 Å². The maximum atomic E-state index is 10.9. The first-order valence-electron chi connectivity index (χ1n) is 4.81. The number of hydrogen-bond acceptors (Lipinski definition) is 4. The van der Waals surface area contributed by atoms with Gasteiger partial charge in [-0.1, -0.05) is 11.6 Å². The summed E-state index contributed by atoms with van der Waals surface area (Å²) in [5, 5.41) is 3.59. The third-order valence-corrected chi connectivity index (χ3v) is 2.33. The minimum Gasteiger partial charge on any atom is -0.495 e. The van der Waals surface area contributed by atoms with Crippen molar-refractivity contribution in [2.45, 2.75) is 6.42 Å². The lowest BCUT2D eigenvalue weighted by atomic mass is 10.3. The molecule has 0 heterocycles. The Kier molecular flexibility index (Phi) is 4.92. The molecule has 16 heavy (non-hydrogen) atoms. The number of nitrogens with one attached hydrogen (secondary N) is 1. The van der Waals surface area contributed by atoms with Crippen LogP contribution < -0.4 is 10.1 Å². The molecule has 0 spiro atoms. The van der Waals surface area contributed by atoms with Crippen molar-refractivity contribution in [2.24, 2.45) is 0 Å². The normalized spacial score (nSPS) is 9.69. The highest BCUT2D eigenvalue weighted by Crippen LogP contribution is 2.26. The van der Waals surface area contributed by atoms with Crippen LogP contribution in [0, 0.1) is 0 Å². The molecule has 0 saturated heterocycles. The van der Waals surface area contributed by atoms with E-state index in [0.717, 1.165) is 5.69 Å². The van der Waals surface area contributed by atoms with E-state index in [1.807, 2.05) is 6.07 Å². The fourth-order valence-electron chi connectivity index (χ4n) is 1.19. The summed E-state index contributed by atoms with van der Waals surface area (Å²) in [6.07, 6.45) is 0.320. The van der Waals surface area contributed by atoms with Gasteiger partial charge in [-0.3, -0.25) is 4.79 Å². The molecule has 0 atom stereocenters. The molecule has 0 aliphatic heterocycles. The summed E-state index contributed by atoms with van der Waals surface area (Å²) in [4.78, 5) is 10.9. The van der Waals surface area contributed by atoms with Gasteiger partial charge in [0.1, 0.15) is 5.75 Å². The average molecular weight is 244 g/mol. The SMILES string of the molecule is COC(=O)CCNc1ccc(OC)c(Cl)c1. The highest BCUT2D eigenvalue weighted by Gasteiger charge is 2.02. The zero-order valence-electron chi connectivity index (χ0n) is 9.25. The Labute approximate surface area is 99.5 Å². The topological polar surface area (TPSA) is 47.6 Å². The standard InChI is InChI=1S/C11H14ClNO3/c1-15-10-4-3-8(7-9(10)12)13-6-5-11(14)16-2/h3-4,7,13H,5-6H2,1-2H3. The molecule has 1 aromatic rings. The molecule has 5 heteroatoms. The molecule has 0 saturated carbocycles. The van der Waals surface area contributed by atoms with Crippen LogP contribution in [0.5, 0.6) is 5.75 Å². The Morgan fingerprint density at radius 3 is 2.75 bits per heavy atom. The molecule has 4 nitrogen and oxygen atoms in total. The van der Waals surface area contributed by atoms with Gasteiger partial charge >= 0.3 is 5.97 Å². The number of hydrogen-bond donors (Lipinski definition) is 1. The molecule has 1 rings (SSSR count). The van der Waals surface area contributed by atoms with Crippen LogP contribution in [0.3, 0.4) is 0 Å². The molecule has 0 aliphatic rings. The summed E-state index contributed by atoms with van der Waals surface area (Å²) in [6.45, 7) is 0.509. The van der Waals surface area contributed by atoms with Crippen LogP contribution in [0.1, 0.15) is 6.42 Å². The van der Waals surface area contributed by atoms with Gasteiger partial charge in [-0.2, -0.15) is 0 Å². The highest BCUT2D eigenvalue weighted by atomic mass is 35.5. The molecule has 0 radical (unpaired) electrons. The number of carbonyl (C=O) groups is 1. The molecule has 1 N–H and O–H groups in total. The second kappa shape index (κ2) is 6.23. The second-order valence-electron chi connectivity index (χ2n) is 3.10. The van der Waals surface area contributed by atoms with E-state index >= 15 is 0 Å². The van der Waals surface area contributed by atoms with Crippen molar-refractivity contribution in [3.63, 3.8) is 0 Å². The van der Waals surface area contributed by atoms with Crippen molar-refractivity contribution < 1.29 is 14.3 Å². The zero-order chi connectivity index (χ0) is 12.0. The maximum Gasteiger partial charge on any atom is 0.307 e. The van der Waals surface area contributed by atoms with Crippen molar-refractivity contribution in [3.05, 3.63) is 23.2 Å². The lowest BCUT2D eigenvalue weighted by Crippen LogP contribution is -2.09. The molecule has 0 amide bonds. The van der Waals surface area contributed by atoms with E-state index in [4.69, 9.17) is 16.3 Å². The van der Waals surface area contributed by atoms with Gasteiger partial charge in [0.25, 0.3) is 0 Å². The number of carbonyl (C=O) groups excluding carboxylic acids is 1. The first kappa shape index (κ1) is 12.6. The van der Waals surface area contributed by atoms with Gasteiger partial charge < -0.3 is 14.8 Å². The minimum atomic E-state index is -0.243. The van der Waals surface area contributed by atoms with Gasteiger partial charge in [0.2, 0.25) is 0 Å². The Morgan fingerprint density at radius 2 is 2.19 bits per heavy atom. The molecule has 1 aromatic carbocycles. The summed E-state index contributed by atoms with van der Waals surface area (Å²) in [7, 11) is 2.93. The van der Waals surface area contributed by atoms with Crippen molar-refractivity contribution in [1.29, 1.82) is 0 Å². The fraction of sp³-hybridized carbons (Fsp3) is 0.364. The number of rotatable bonds is 5. The van der Waals surface area contributed by atoms with Gasteiger partial charge in [0, 0.05) is 12.2 Å². The minimum absolute atomic E-state index is 0.243. The van der Waals surface area contributed by atoms with Gasteiger partial charge in [-0.15, -0.1) is 0 Å². The molecular weight excluding hydrogens is 230 g/mol. The van der Waals surface area contributed by atoms with Crippen molar-refractivity contribution in [1.82, 2.24) is 0 Å². The molecular formula is C11H14ClNO3. The lowest BCUT2D eigenvalue weighted by Gasteiger charge is -2.08. The third-order valence-electron chi connectivity index (χ3n) is 2.04. The quantitative estimate of drug-likeness (QED) is 0.807. The van der Waals surface area contributed by atoms with E-state index in [1.165, 1.54) is 7.11 Å². The van der Waals surface area contributed by atoms with E-state index in [0.29, 0.717) is 23.7 Å². The number of halogens is 1. The number of anilines is 1. The largest absolute Gasteiger partial charge is 0.495 e. The summed E-state index contributed by atoms with van der Waals surface area (Å²) in [5.74, 6) is 0.382.